The van der Waals surface area contributed by atoms with Crippen LogP contribution in [-0.2, 0) is 11.3 Å². The van der Waals surface area contributed by atoms with E-state index in [2.05, 4.69) is 20.8 Å². The Bertz CT molecular complexity index is 489. The van der Waals surface area contributed by atoms with Crippen LogP contribution in [0, 0.1) is 5.92 Å². The van der Waals surface area contributed by atoms with Crippen molar-refractivity contribution in [3.63, 3.8) is 0 Å². The van der Waals surface area contributed by atoms with Gasteiger partial charge in [-0.1, -0.05) is 19.0 Å². The molecule has 124 valence electrons. The highest BCUT2D eigenvalue weighted by Gasteiger charge is 2.27. The molecule has 1 amide bonds. The number of hydrogen-bond acceptors (Lipinski definition) is 4. The van der Waals surface area contributed by atoms with Crippen molar-refractivity contribution in [2.75, 3.05) is 20.1 Å². The van der Waals surface area contributed by atoms with E-state index < -0.39 is 0 Å². The van der Waals surface area contributed by atoms with Gasteiger partial charge in [0.05, 0.1) is 6.54 Å². The summed E-state index contributed by atoms with van der Waals surface area (Å²) in [5.41, 5.74) is 0.820. The summed E-state index contributed by atoms with van der Waals surface area (Å²) in [5.74, 6) is 0.972. The molecule has 1 unspecified atom stereocenters. The van der Waals surface area contributed by atoms with Crippen molar-refractivity contribution in [1.82, 2.24) is 20.7 Å². The number of likely N-dealkylation sites (tertiary alicyclic amines) is 1. The van der Waals surface area contributed by atoms with Crippen LogP contribution in [0.15, 0.2) is 21.8 Å². The number of nitrogens with one attached hydrogen (secondary N) is 2. The molecule has 8 heteroatoms. The molecule has 1 aliphatic heterocycles. The quantitative estimate of drug-likeness (QED) is 0.434. The molecule has 0 radical (unpaired) electrons. The van der Waals surface area contributed by atoms with E-state index in [-0.39, 0.29) is 41.8 Å². The maximum Gasteiger partial charge on any atom is 0.225 e. The van der Waals surface area contributed by atoms with Gasteiger partial charge in [0.15, 0.2) is 5.96 Å². The SMILES string of the molecule is CN=C(NCc1ccon1)NC1CCN(C(=O)C(C)C)C1.I. The second kappa shape index (κ2) is 8.96. The van der Waals surface area contributed by atoms with Gasteiger partial charge in [-0.3, -0.25) is 9.79 Å². The van der Waals surface area contributed by atoms with E-state index in [0.717, 1.165) is 25.2 Å². The van der Waals surface area contributed by atoms with E-state index in [9.17, 15) is 4.79 Å². The van der Waals surface area contributed by atoms with Gasteiger partial charge in [0.1, 0.15) is 12.0 Å². The first-order valence-corrected chi connectivity index (χ1v) is 7.25. The third-order valence-corrected chi connectivity index (χ3v) is 3.49. The lowest BCUT2D eigenvalue weighted by atomic mass is 10.2. The molecule has 22 heavy (non-hydrogen) atoms. The predicted octanol–water partition coefficient (Wildman–Crippen LogP) is 1.21. The van der Waals surface area contributed by atoms with Gasteiger partial charge in [0.2, 0.25) is 5.91 Å². The number of hydrogen-bond donors (Lipinski definition) is 2. The fourth-order valence-corrected chi connectivity index (χ4v) is 2.33. The first-order chi connectivity index (χ1) is 10.1. The first-order valence-electron chi connectivity index (χ1n) is 7.25. The lowest BCUT2D eigenvalue weighted by Crippen LogP contribution is -2.45. The molecule has 1 atom stereocenters. The standard InChI is InChI=1S/C14H23N5O2.HI/c1-10(2)13(20)19-6-4-12(9-19)17-14(15-3)16-8-11-5-7-21-18-11;/h5,7,10,12H,4,6,8-9H2,1-3H3,(H2,15,16,17);1H. The van der Waals surface area contributed by atoms with Crippen molar-refractivity contribution in [2.45, 2.75) is 32.9 Å². The van der Waals surface area contributed by atoms with Crippen LogP contribution in [-0.4, -0.2) is 48.1 Å². The fraction of sp³-hybridized carbons (Fsp3) is 0.643. The molecule has 7 nitrogen and oxygen atoms in total. The molecule has 2 rings (SSSR count). The molecule has 0 aliphatic carbocycles. The Morgan fingerprint density at radius 1 is 1.59 bits per heavy atom. The summed E-state index contributed by atoms with van der Waals surface area (Å²) in [4.78, 5) is 18.1. The number of carbonyl (C=O) groups is 1. The second-order valence-electron chi connectivity index (χ2n) is 5.49. The smallest absolute Gasteiger partial charge is 0.225 e. The van der Waals surface area contributed by atoms with Crippen molar-refractivity contribution in [3.8, 4) is 0 Å². The van der Waals surface area contributed by atoms with E-state index in [1.54, 1.807) is 19.4 Å². The van der Waals surface area contributed by atoms with Crippen molar-refractivity contribution < 1.29 is 9.32 Å². The Kier molecular flexibility index (Phi) is 7.63. The Hall–Kier alpha value is -1.32. The van der Waals surface area contributed by atoms with Gasteiger partial charge in [-0.2, -0.15) is 0 Å². The van der Waals surface area contributed by atoms with Gasteiger partial charge in [0, 0.05) is 38.2 Å². The van der Waals surface area contributed by atoms with Gasteiger partial charge in [-0.05, 0) is 6.42 Å². The Balaban J connectivity index is 0.00000242. The number of halogens is 1. The van der Waals surface area contributed by atoms with Gasteiger partial charge in [-0.25, -0.2) is 0 Å². The van der Waals surface area contributed by atoms with Crippen LogP contribution in [0.3, 0.4) is 0 Å². The molecule has 1 saturated heterocycles. The summed E-state index contributed by atoms with van der Waals surface area (Å²) >= 11 is 0. The van der Waals surface area contributed by atoms with Crippen molar-refractivity contribution in [3.05, 3.63) is 18.0 Å². The molecule has 1 fully saturated rings. The molecule has 2 N–H and O–H groups in total. The number of carbonyl (C=O) groups excluding carboxylic acids is 1. The highest BCUT2D eigenvalue weighted by molar-refractivity contribution is 14.0. The summed E-state index contributed by atoms with van der Waals surface area (Å²) in [7, 11) is 1.73. The zero-order chi connectivity index (χ0) is 15.2. The van der Waals surface area contributed by atoms with Crippen LogP contribution < -0.4 is 10.6 Å². The van der Waals surface area contributed by atoms with Crippen LogP contribution >= 0.6 is 24.0 Å². The largest absolute Gasteiger partial charge is 0.364 e. The predicted molar refractivity (Wildman–Crippen MR) is 95.1 cm³/mol. The molecular weight excluding hydrogens is 397 g/mol. The normalized spacial score (nSPS) is 18.3. The Labute approximate surface area is 147 Å². The molecule has 0 saturated carbocycles. The highest BCUT2D eigenvalue weighted by atomic mass is 127. The first kappa shape index (κ1) is 18.7. The maximum atomic E-state index is 12.0. The second-order valence-corrected chi connectivity index (χ2v) is 5.49. The molecule has 1 aliphatic rings. The van der Waals surface area contributed by atoms with E-state index in [1.165, 1.54) is 0 Å². The molecule has 1 aromatic rings. The third kappa shape index (κ3) is 5.15. The monoisotopic (exact) mass is 421 g/mol. The Morgan fingerprint density at radius 2 is 2.36 bits per heavy atom. The van der Waals surface area contributed by atoms with Crippen molar-refractivity contribution >= 4 is 35.8 Å². The van der Waals surface area contributed by atoms with Crippen LogP contribution in [0.4, 0.5) is 0 Å². The van der Waals surface area contributed by atoms with Crippen LogP contribution in [0.25, 0.3) is 0 Å². The fourth-order valence-electron chi connectivity index (χ4n) is 2.33. The van der Waals surface area contributed by atoms with Gasteiger partial charge >= 0.3 is 0 Å². The number of guanidine groups is 1. The minimum absolute atomic E-state index is 0. The molecule has 0 bridgehead atoms. The number of amides is 1. The number of aliphatic imine (C=N–C) groups is 1. The zero-order valence-corrected chi connectivity index (χ0v) is 15.5. The molecule has 1 aromatic heterocycles. The minimum atomic E-state index is 0. The summed E-state index contributed by atoms with van der Waals surface area (Å²) in [6, 6.07) is 2.04. The van der Waals surface area contributed by atoms with E-state index in [0.29, 0.717) is 12.5 Å². The van der Waals surface area contributed by atoms with Crippen molar-refractivity contribution in [1.29, 1.82) is 0 Å². The summed E-state index contributed by atoms with van der Waals surface area (Å²) in [5, 5.41) is 10.4. The lowest BCUT2D eigenvalue weighted by Gasteiger charge is -2.20. The highest BCUT2D eigenvalue weighted by Crippen LogP contribution is 2.12. The number of rotatable bonds is 4. The van der Waals surface area contributed by atoms with Gasteiger partial charge < -0.3 is 20.1 Å². The van der Waals surface area contributed by atoms with Gasteiger partial charge in [-0.15, -0.1) is 24.0 Å². The van der Waals surface area contributed by atoms with Gasteiger partial charge in [0.25, 0.3) is 0 Å². The zero-order valence-electron chi connectivity index (χ0n) is 13.2. The summed E-state index contributed by atoms with van der Waals surface area (Å²) in [6.45, 7) is 5.94. The molecular formula is C14H24IN5O2. The van der Waals surface area contributed by atoms with Crippen LogP contribution in [0.1, 0.15) is 26.0 Å². The molecule has 0 spiro atoms. The molecule has 0 aromatic carbocycles. The number of aromatic nitrogens is 1. The number of nitrogens with zero attached hydrogens (tertiary/aromatic N) is 3. The summed E-state index contributed by atoms with van der Waals surface area (Å²) < 4.78 is 4.78. The average Bonchev–Trinajstić information content (AvgIpc) is 3.13. The average molecular weight is 421 g/mol. The third-order valence-electron chi connectivity index (χ3n) is 3.49. The van der Waals surface area contributed by atoms with Crippen LogP contribution in [0.2, 0.25) is 0 Å². The minimum Gasteiger partial charge on any atom is -0.364 e. The van der Waals surface area contributed by atoms with Crippen molar-refractivity contribution in [2.24, 2.45) is 10.9 Å². The maximum absolute atomic E-state index is 12.0. The lowest BCUT2D eigenvalue weighted by molar-refractivity contribution is -0.133. The topological polar surface area (TPSA) is 82.8 Å². The summed E-state index contributed by atoms with van der Waals surface area (Å²) in [6.07, 6.45) is 2.47. The van der Waals surface area contributed by atoms with E-state index in [1.807, 2.05) is 18.7 Å². The van der Waals surface area contributed by atoms with E-state index >= 15 is 0 Å². The van der Waals surface area contributed by atoms with E-state index in [4.69, 9.17) is 4.52 Å². The molecule has 2 heterocycles. The van der Waals surface area contributed by atoms with Crippen LogP contribution in [0.5, 0.6) is 0 Å². The Morgan fingerprint density at radius 3 is 2.95 bits per heavy atom.